The number of para-hydroxylation sites is 2. The SMILES string of the molecule is Cc1cc(C)c(-n2c(-c3ccccc3O)nc3c(-c4[c-]c(-c5cc(-c6cc(C(C)(C)C)cc(C(C)(C)C)c6)ccn5)cc(C(C)(C)C)c4C(C)(C)C)cccc32)c(C)c1.[Pt]. The summed E-state index contributed by atoms with van der Waals surface area (Å²) < 4.78 is 2.24. The van der Waals surface area contributed by atoms with Crippen molar-refractivity contribution in [1.29, 1.82) is 0 Å². The van der Waals surface area contributed by atoms with E-state index >= 15 is 0 Å². The molecule has 0 fully saturated rings. The van der Waals surface area contributed by atoms with Crippen molar-refractivity contribution in [2.45, 2.75) is 126 Å². The molecule has 0 atom stereocenters. The van der Waals surface area contributed by atoms with Crippen molar-refractivity contribution >= 4 is 11.0 Å². The van der Waals surface area contributed by atoms with Crippen LogP contribution in [0.2, 0.25) is 0 Å². The number of phenols is 1. The largest absolute Gasteiger partial charge is 0.507 e. The molecular formula is C55H62N3OPt-. The molecule has 0 radical (unpaired) electrons. The Hall–Kier alpha value is -4.79. The molecule has 0 amide bonds. The summed E-state index contributed by atoms with van der Waals surface area (Å²) in [6.45, 7) is 34.0. The van der Waals surface area contributed by atoms with Gasteiger partial charge < -0.3 is 5.11 Å². The topological polar surface area (TPSA) is 50.9 Å². The summed E-state index contributed by atoms with van der Waals surface area (Å²) >= 11 is 0. The molecule has 7 aromatic rings. The Morgan fingerprint density at radius 3 is 1.77 bits per heavy atom. The van der Waals surface area contributed by atoms with Gasteiger partial charge in [-0.15, -0.1) is 28.8 Å². The predicted molar refractivity (Wildman–Crippen MR) is 250 cm³/mol. The van der Waals surface area contributed by atoms with E-state index in [1.807, 2.05) is 24.4 Å². The molecule has 60 heavy (non-hydrogen) atoms. The van der Waals surface area contributed by atoms with E-state index in [0.29, 0.717) is 11.4 Å². The van der Waals surface area contributed by atoms with E-state index in [9.17, 15) is 5.11 Å². The summed E-state index contributed by atoms with van der Waals surface area (Å²) in [5.74, 6) is 0.896. The van der Waals surface area contributed by atoms with Gasteiger partial charge in [-0.1, -0.05) is 160 Å². The first kappa shape index (κ1) is 44.8. The van der Waals surface area contributed by atoms with Gasteiger partial charge >= 0.3 is 0 Å². The van der Waals surface area contributed by atoms with Gasteiger partial charge in [0.25, 0.3) is 0 Å². The van der Waals surface area contributed by atoms with Crippen molar-refractivity contribution in [1.82, 2.24) is 14.5 Å². The standard InChI is InChI=1S/C55H62N3O.Pt/c1-33-25-34(2)50(35(3)26-33)58-46-21-18-20-41(49(46)57-51(58)42-19-16-17-22-47(42)59)43-29-38(30-44(54(10,11)12)48(43)55(13,14)15)45-31-36(23-24-56-45)37-27-39(52(4,5)6)32-40(28-37)53(7,8)9;/h16-28,30-32,59H,1-15H3;/q-1;. The van der Waals surface area contributed by atoms with Crippen LogP contribution in [0.15, 0.2) is 97.2 Å². The first-order valence-corrected chi connectivity index (χ1v) is 21.1. The third-order valence-electron chi connectivity index (χ3n) is 11.6. The molecule has 2 aromatic heterocycles. The minimum absolute atomic E-state index is 0. The second-order valence-corrected chi connectivity index (χ2v) is 20.8. The number of hydrogen-bond donors (Lipinski definition) is 1. The Morgan fingerprint density at radius 2 is 1.20 bits per heavy atom. The molecule has 7 rings (SSSR count). The summed E-state index contributed by atoms with van der Waals surface area (Å²) in [4.78, 5) is 10.5. The molecule has 0 saturated carbocycles. The van der Waals surface area contributed by atoms with Crippen LogP contribution in [0.1, 0.15) is 122 Å². The number of rotatable bonds is 5. The fourth-order valence-corrected chi connectivity index (χ4v) is 8.61. The molecule has 5 aromatic carbocycles. The van der Waals surface area contributed by atoms with E-state index in [1.54, 1.807) is 6.07 Å². The van der Waals surface area contributed by atoms with Crippen LogP contribution in [0.25, 0.3) is 61.6 Å². The molecule has 0 saturated heterocycles. The van der Waals surface area contributed by atoms with Crippen molar-refractivity contribution in [3.8, 4) is 56.3 Å². The van der Waals surface area contributed by atoms with Crippen LogP contribution in [0, 0.1) is 26.8 Å². The molecule has 0 aliphatic heterocycles. The number of benzene rings is 5. The van der Waals surface area contributed by atoms with Crippen LogP contribution >= 0.6 is 0 Å². The summed E-state index contributed by atoms with van der Waals surface area (Å²) in [5, 5.41) is 11.3. The number of aromatic nitrogens is 3. The predicted octanol–water partition coefficient (Wildman–Crippen LogP) is 14.7. The van der Waals surface area contributed by atoms with Crippen molar-refractivity contribution in [2.75, 3.05) is 0 Å². The van der Waals surface area contributed by atoms with Crippen LogP contribution in [0.3, 0.4) is 0 Å². The Bertz CT molecular complexity index is 2690. The molecule has 0 aliphatic carbocycles. The minimum atomic E-state index is -0.228. The average Bonchev–Trinajstić information content (AvgIpc) is 3.51. The van der Waals surface area contributed by atoms with Crippen molar-refractivity contribution in [3.05, 3.63) is 142 Å². The number of nitrogens with zero attached hydrogens (tertiary/aromatic N) is 3. The van der Waals surface area contributed by atoms with Gasteiger partial charge in [-0.2, -0.15) is 0 Å². The van der Waals surface area contributed by atoms with Gasteiger partial charge in [0.05, 0.1) is 22.3 Å². The van der Waals surface area contributed by atoms with E-state index in [1.165, 1.54) is 33.4 Å². The number of phenolic OH excluding ortho intramolecular Hbond substituents is 1. The smallest absolute Gasteiger partial charge is 0.148 e. The molecule has 314 valence electrons. The molecule has 5 heteroatoms. The number of hydrogen-bond acceptors (Lipinski definition) is 3. The molecule has 0 unspecified atom stereocenters. The molecule has 2 heterocycles. The van der Waals surface area contributed by atoms with E-state index in [4.69, 9.17) is 9.97 Å². The van der Waals surface area contributed by atoms with Gasteiger partial charge in [-0.25, -0.2) is 4.98 Å². The second-order valence-electron chi connectivity index (χ2n) is 20.8. The summed E-state index contributed by atoms with van der Waals surface area (Å²) in [7, 11) is 0. The van der Waals surface area contributed by atoms with Crippen LogP contribution in [0.5, 0.6) is 5.75 Å². The Labute approximate surface area is 373 Å². The monoisotopic (exact) mass is 975 g/mol. The minimum Gasteiger partial charge on any atom is -0.507 e. The summed E-state index contributed by atoms with van der Waals surface area (Å²) in [6.07, 6.45) is 1.94. The molecule has 4 nitrogen and oxygen atoms in total. The molecular weight excluding hydrogens is 914 g/mol. The number of pyridine rings is 1. The van der Waals surface area contributed by atoms with Crippen molar-refractivity contribution in [2.24, 2.45) is 0 Å². The molecule has 1 N–H and O–H groups in total. The van der Waals surface area contributed by atoms with Gasteiger partial charge in [-0.3, -0.25) is 9.55 Å². The molecule has 0 aliphatic rings. The molecule has 0 spiro atoms. The van der Waals surface area contributed by atoms with Gasteiger partial charge in [0.2, 0.25) is 0 Å². The van der Waals surface area contributed by atoms with Gasteiger partial charge in [-0.05, 0) is 100 Å². The van der Waals surface area contributed by atoms with Crippen molar-refractivity contribution in [3.63, 3.8) is 0 Å². The second kappa shape index (κ2) is 15.9. The first-order chi connectivity index (χ1) is 27.4. The van der Waals surface area contributed by atoms with Crippen molar-refractivity contribution < 1.29 is 26.2 Å². The fourth-order valence-electron chi connectivity index (χ4n) is 8.61. The Kier molecular flexibility index (Phi) is 11.9. The van der Waals surface area contributed by atoms with Gasteiger partial charge in [0, 0.05) is 33.0 Å². The summed E-state index contributed by atoms with van der Waals surface area (Å²) in [5.41, 5.74) is 18.0. The van der Waals surface area contributed by atoms with Gasteiger partial charge in [0.15, 0.2) is 0 Å². The van der Waals surface area contributed by atoms with E-state index in [2.05, 4.69) is 181 Å². The molecule has 0 bridgehead atoms. The number of aryl methyl sites for hydroxylation is 3. The van der Waals surface area contributed by atoms with Crippen LogP contribution in [-0.4, -0.2) is 19.6 Å². The normalized spacial score (nSPS) is 12.5. The average molecular weight is 976 g/mol. The zero-order chi connectivity index (χ0) is 43.0. The maximum atomic E-state index is 11.3. The number of aromatic hydroxyl groups is 1. The third kappa shape index (κ3) is 8.55. The number of imidazole rings is 1. The third-order valence-corrected chi connectivity index (χ3v) is 11.6. The maximum Gasteiger partial charge on any atom is 0.148 e. The zero-order valence-electron chi connectivity index (χ0n) is 38.3. The maximum absolute atomic E-state index is 11.3. The Morgan fingerprint density at radius 1 is 0.600 bits per heavy atom. The van der Waals surface area contributed by atoms with Crippen LogP contribution in [0.4, 0.5) is 0 Å². The number of fused-ring (bicyclic) bond motifs is 1. The van der Waals surface area contributed by atoms with E-state index in [-0.39, 0.29) is 48.5 Å². The zero-order valence-corrected chi connectivity index (χ0v) is 40.6. The van der Waals surface area contributed by atoms with Gasteiger partial charge in [0.1, 0.15) is 11.6 Å². The van der Waals surface area contributed by atoms with E-state index < -0.39 is 0 Å². The van der Waals surface area contributed by atoms with Crippen LogP contribution in [-0.2, 0) is 42.7 Å². The van der Waals surface area contributed by atoms with E-state index in [0.717, 1.165) is 55.8 Å². The quantitative estimate of drug-likeness (QED) is 0.175. The fraction of sp³-hybridized carbons (Fsp3) is 0.345. The van der Waals surface area contributed by atoms with Crippen LogP contribution < -0.4 is 0 Å². The summed E-state index contributed by atoms with van der Waals surface area (Å²) in [6, 6.07) is 36.2. The first-order valence-electron chi connectivity index (χ1n) is 21.1. The Balaban J connectivity index is 0.00000604.